The van der Waals surface area contributed by atoms with Gasteiger partial charge < -0.3 is 14.7 Å². The van der Waals surface area contributed by atoms with E-state index < -0.39 is 0 Å². The van der Waals surface area contributed by atoms with Crippen LogP contribution < -0.4 is 0 Å². The Labute approximate surface area is 160 Å². The topological polar surface area (TPSA) is 43.9 Å². The summed E-state index contributed by atoms with van der Waals surface area (Å²) in [6, 6.07) is 7.28. The van der Waals surface area contributed by atoms with E-state index in [1.54, 1.807) is 11.9 Å². The molecule has 1 aromatic rings. The van der Waals surface area contributed by atoms with Gasteiger partial charge in [0.25, 0.3) is 0 Å². The van der Waals surface area contributed by atoms with Crippen molar-refractivity contribution in [2.75, 3.05) is 40.3 Å². The number of amides is 2. The van der Waals surface area contributed by atoms with Gasteiger partial charge in [-0.25, -0.2) is 0 Å². The number of benzene rings is 1. The van der Waals surface area contributed by atoms with Crippen LogP contribution in [-0.2, 0) is 9.59 Å². The van der Waals surface area contributed by atoms with Crippen molar-refractivity contribution in [1.82, 2.24) is 14.7 Å². The highest BCUT2D eigenvalue weighted by Gasteiger charge is 2.45. The summed E-state index contributed by atoms with van der Waals surface area (Å²) in [4.78, 5) is 31.5. The Bertz CT molecular complexity index is 681. The van der Waals surface area contributed by atoms with E-state index >= 15 is 0 Å². The first-order chi connectivity index (χ1) is 12.4. The first-order valence-electron chi connectivity index (χ1n) is 9.39. The monoisotopic (exact) mass is 377 g/mol. The van der Waals surface area contributed by atoms with Crippen molar-refractivity contribution in [2.45, 2.75) is 25.8 Å². The van der Waals surface area contributed by atoms with Crippen LogP contribution in [0, 0.1) is 11.8 Å². The first kappa shape index (κ1) is 19.2. The Kier molecular flexibility index (Phi) is 5.88. The van der Waals surface area contributed by atoms with E-state index in [1.807, 2.05) is 29.2 Å². The molecule has 26 heavy (non-hydrogen) atoms. The summed E-state index contributed by atoms with van der Waals surface area (Å²) in [7, 11) is 3.90. The van der Waals surface area contributed by atoms with Crippen LogP contribution in [0.1, 0.15) is 31.4 Å². The third kappa shape index (κ3) is 3.89. The molecule has 6 heteroatoms. The van der Waals surface area contributed by atoms with Crippen molar-refractivity contribution in [2.24, 2.45) is 11.8 Å². The summed E-state index contributed by atoms with van der Waals surface area (Å²) in [6.07, 6.45) is 1.32. The van der Waals surface area contributed by atoms with Crippen LogP contribution in [0.2, 0.25) is 5.02 Å². The van der Waals surface area contributed by atoms with Gasteiger partial charge in [0, 0.05) is 38.1 Å². The quantitative estimate of drug-likeness (QED) is 0.792. The van der Waals surface area contributed by atoms with Crippen molar-refractivity contribution >= 4 is 23.4 Å². The predicted molar refractivity (Wildman–Crippen MR) is 103 cm³/mol. The zero-order chi connectivity index (χ0) is 18.8. The van der Waals surface area contributed by atoms with Crippen LogP contribution in [0.15, 0.2) is 24.3 Å². The number of hydrogen-bond donors (Lipinski definition) is 0. The minimum atomic E-state index is -0.325. The third-order valence-corrected chi connectivity index (χ3v) is 6.04. The second kappa shape index (κ2) is 7.97. The van der Waals surface area contributed by atoms with Crippen LogP contribution >= 0.6 is 11.6 Å². The Morgan fingerprint density at radius 3 is 2.85 bits per heavy atom. The van der Waals surface area contributed by atoms with E-state index in [1.165, 1.54) is 0 Å². The number of hydrogen-bond acceptors (Lipinski definition) is 3. The van der Waals surface area contributed by atoms with E-state index in [-0.39, 0.29) is 30.2 Å². The molecule has 3 rings (SSSR count). The number of halogens is 1. The largest absolute Gasteiger partial charge is 0.342 e. The Balaban J connectivity index is 1.74. The molecule has 2 amide bonds. The predicted octanol–water partition coefficient (Wildman–Crippen LogP) is 2.66. The van der Waals surface area contributed by atoms with E-state index in [4.69, 9.17) is 11.6 Å². The average molecular weight is 378 g/mol. The molecule has 2 aliphatic rings. The van der Waals surface area contributed by atoms with Gasteiger partial charge in [-0.2, -0.15) is 0 Å². The molecule has 2 saturated heterocycles. The van der Waals surface area contributed by atoms with Crippen molar-refractivity contribution in [3.8, 4) is 0 Å². The van der Waals surface area contributed by atoms with Gasteiger partial charge in [0.05, 0.1) is 12.0 Å². The van der Waals surface area contributed by atoms with Crippen LogP contribution in [0.3, 0.4) is 0 Å². The van der Waals surface area contributed by atoms with Gasteiger partial charge in [-0.05, 0) is 43.6 Å². The van der Waals surface area contributed by atoms with Crippen molar-refractivity contribution in [3.05, 3.63) is 34.9 Å². The van der Waals surface area contributed by atoms with Gasteiger partial charge in [0.1, 0.15) is 0 Å². The minimum Gasteiger partial charge on any atom is -0.342 e. The summed E-state index contributed by atoms with van der Waals surface area (Å²) in [5.41, 5.74) is 0.936. The molecule has 0 N–H and O–H groups in total. The van der Waals surface area contributed by atoms with Gasteiger partial charge in [-0.15, -0.1) is 0 Å². The summed E-state index contributed by atoms with van der Waals surface area (Å²) in [6.45, 7) is 5.76. The molecular weight excluding hydrogens is 350 g/mol. The van der Waals surface area contributed by atoms with E-state index in [2.05, 4.69) is 18.9 Å². The Hall–Kier alpha value is -1.59. The number of carbonyl (C=O) groups is 2. The Morgan fingerprint density at radius 2 is 2.15 bits per heavy atom. The summed E-state index contributed by atoms with van der Waals surface area (Å²) < 4.78 is 0. The van der Waals surface area contributed by atoms with Crippen LogP contribution in [0.4, 0.5) is 0 Å². The normalized spacial score (nSPS) is 26.2. The highest BCUT2D eigenvalue weighted by Crippen LogP contribution is 2.39. The zero-order valence-corrected chi connectivity index (χ0v) is 16.6. The lowest BCUT2D eigenvalue weighted by atomic mass is 9.92. The smallest absolute Gasteiger partial charge is 0.228 e. The molecule has 0 aliphatic carbocycles. The molecule has 0 radical (unpaired) electrons. The fourth-order valence-corrected chi connectivity index (χ4v) is 4.42. The molecule has 5 nitrogen and oxygen atoms in total. The maximum Gasteiger partial charge on any atom is 0.228 e. The van der Waals surface area contributed by atoms with Crippen molar-refractivity contribution in [3.63, 3.8) is 0 Å². The van der Waals surface area contributed by atoms with E-state index in [0.29, 0.717) is 10.9 Å². The molecule has 0 unspecified atom stereocenters. The van der Waals surface area contributed by atoms with Crippen LogP contribution in [0.5, 0.6) is 0 Å². The van der Waals surface area contributed by atoms with Crippen molar-refractivity contribution < 1.29 is 9.59 Å². The number of carbonyl (C=O) groups excluding carboxylic acids is 2. The second-order valence-corrected chi connectivity index (χ2v) is 8.05. The lowest BCUT2D eigenvalue weighted by molar-refractivity contribution is -0.135. The SMILES string of the molecule is CCN(C)C[C@@H]1CCN(C(=O)[C@@H]2CC(=O)N(C)[C@H]2c2cccc(Cl)c2)C1. The zero-order valence-electron chi connectivity index (χ0n) is 15.8. The first-order valence-corrected chi connectivity index (χ1v) is 9.77. The maximum atomic E-state index is 13.2. The minimum absolute atomic E-state index is 0.0230. The highest BCUT2D eigenvalue weighted by atomic mass is 35.5. The summed E-state index contributed by atoms with van der Waals surface area (Å²) in [5.74, 6) is 0.320. The van der Waals surface area contributed by atoms with Crippen molar-refractivity contribution in [1.29, 1.82) is 0 Å². The number of rotatable bonds is 5. The van der Waals surface area contributed by atoms with Gasteiger partial charge in [0.15, 0.2) is 0 Å². The molecular formula is C20H28ClN3O2. The van der Waals surface area contributed by atoms with Crippen LogP contribution in [0.25, 0.3) is 0 Å². The lowest BCUT2D eigenvalue weighted by Gasteiger charge is -2.28. The lowest BCUT2D eigenvalue weighted by Crippen LogP contribution is -2.38. The molecule has 0 saturated carbocycles. The van der Waals surface area contributed by atoms with E-state index in [9.17, 15) is 9.59 Å². The number of likely N-dealkylation sites (tertiary alicyclic amines) is 2. The second-order valence-electron chi connectivity index (χ2n) is 7.61. The average Bonchev–Trinajstić information content (AvgIpc) is 3.19. The molecule has 0 aromatic heterocycles. The van der Waals surface area contributed by atoms with Gasteiger partial charge in [0.2, 0.25) is 11.8 Å². The molecule has 0 spiro atoms. The molecule has 2 heterocycles. The third-order valence-electron chi connectivity index (χ3n) is 5.80. The van der Waals surface area contributed by atoms with E-state index in [0.717, 1.165) is 38.2 Å². The molecule has 2 aliphatic heterocycles. The van der Waals surface area contributed by atoms with Crippen LogP contribution in [-0.4, -0.2) is 66.8 Å². The fourth-order valence-electron chi connectivity index (χ4n) is 4.22. The van der Waals surface area contributed by atoms with Gasteiger partial charge in [-0.1, -0.05) is 30.7 Å². The maximum absolute atomic E-state index is 13.2. The standard InChI is InChI=1S/C20H28ClN3O2/c1-4-22(2)12-14-8-9-24(13-14)20(26)17-11-18(25)23(3)19(17)15-6-5-7-16(21)10-15/h5-7,10,14,17,19H,4,8-9,11-13H2,1-3H3/t14-,17+,19-/m0/s1. The summed E-state index contributed by atoms with van der Waals surface area (Å²) >= 11 is 6.14. The molecule has 3 atom stereocenters. The van der Waals surface area contributed by atoms with Gasteiger partial charge >= 0.3 is 0 Å². The Morgan fingerprint density at radius 1 is 1.38 bits per heavy atom. The summed E-state index contributed by atoms with van der Waals surface area (Å²) in [5, 5.41) is 0.630. The molecule has 0 bridgehead atoms. The fraction of sp³-hybridized carbons (Fsp3) is 0.600. The van der Waals surface area contributed by atoms with Gasteiger partial charge in [-0.3, -0.25) is 9.59 Å². The molecule has 2 fully saturated rings. The molecule has 1 aromatic carbocycles. The highest BCUT2D eigenvalue weighted by molar-refractivity contribution is 6.30. The number of nitrogens with zero attached hydrogens (tertiary/aromatic N) is 3. The molecule has 142 valence electrons.